The van der Waals surface area contributed by atoms with Gasteiger partial charge in [-0.3, -0.25) is 4.79 Å². The Balaban J connectivity index is 1.94. The Bertz CT molecular complexity index is 469. The van der Waals surface area contributed by atoms with E-state index in [0.29, 0.717) is 11.8 Å². The second kappa shape index (κ2) is 3.76. The number of carbonyl (C=O) groups is 1. The van der Waals surface area contributed by atoms with Crippen molar-refractivity contribution in [1.82, 2.24) is 4.90 Å². The highest BCUT2D eigenvalue weighted by molar-refractivity contribution is 5.82. The molecule has 3 heteroatoms. The summed E-state index contributed by atoms with van der Waals surface area (Å²) < 4.78 is 5.24. The van der Waals surface area contributed by atoms with Crippen molar-refractivity contribution >= 4 is 5.91 Å². The predicted octanol–water partition coefficient (Wildman–Crippen LogP) is 1.50. The summed E-state index contributed by atoms with van der Waals surface area (Å²) in [7, 11) is 3.59. The first kappa shape index (κ1) is 10.6. The largest absolute Gasteiger partial charge is 0.497 e. The molecule has 2 aliphatic rings. The standard InChI is InChI=1S/C14H17NO2/c1-15-8-11-5-9-3-4-12(17-2)6-10(9)7-13(11)14(15)16/h3-4,6,11,13H,5,7-8H2,1-2H3. The van der Waals surface area contributed by atoms with Crippen LogP contribution in [0.1, 0.15) is 11.1 Å². The number of rotatable bonds is 1. The minimum Gasteiger partial charge on any atom is -0.497 e. The second-order valence-corrected chi connectivity index (χ2v) is 5.13. The average molecular weight is 231 g/mol. The first-order valence-electron chi connectivity index (χ1n) is 6.10. The quantitative estimate of drug-likeness (QED) is 0.733. The fraction of sp³-hybridized carbons (Fsp3) is 0.500. The van der Waals surface area contributed by atoms with Crippen molar-refractivity contribution in [3.8, 4) is 5.75 Å². The number of fused-ring (bicyclic) bond motifs is 2. The number of carbonyl (C=O) groups excluding carboxylic acids is 1. The monoisotopic (exact) mass is 231 g/mol. The molecule has 1 fully saturated rings. The summed E-state index contributed by atoms with van der Waals surface area (Å²) in [6.45, 7) is 0.912. The highest BCUT2D eigenvalue weighted by Gasteiger charge is 2.41. The summed E-state index contributed by atoms with van der Waals surface area (Å²) in [5.41, 5.74) is 2.67. The predicted molar refractivity (Wildman–Crippen MR) is 65.0 cm³/mol. The molecule has 17 heavy (non-hydrogen) atoms. The van der Waals surface area contributed by atoms with Crippen LogP contribution in [-0.4, -0.2) is 31.5 Å². The third kappa shape index (κ3) is 1.61. The topological polar surface area (TPSA) is 29.5 Å². The molecule has 0 bridgehead atoms. The van der Waals surface area contributed by atoms with Crippen molar-refractivity contribution in [2.45, 2.75) is 12.8 Å². The van der Waals surface area contributed by atoms with E-state index in [4.69, 9.17) is 4.74 Å². The first-order valence-corrected chi connectivity index (χ1v) is 6.10. The Kier molecular flexibility index (Phi) is 2.35. The Morgan fingerprint density at radius 2 is 2.12 bits per heavy atom. The van der Waals surface area contributed by atoms with Gasteiger partial charge in [0.1, 0.15) is 5.75 Å². The first-order chi connectivity index (χ1) is 8.19. The van der Waals surface area contributed by atoms with Gasteiger partial charge in [-0.25, -0.2) is 0 Å². The van der Waals surface area contributed by atoms with Gasteiger partial charge in [0.25, 0.3) is 0 Å². The highest BCUT2D eigenvalue weighted by atomic mass is 16.5. The van der Waals surface area contributed by atoms with E-state index in [1.54, 1.807) is 7.11 Å². The van der Waals surface area contributed by atoms with Gasteiger partial charge in [-0.15, -0.1) is 0 Å². The molecule has 0 spiro atoms. The van der Waals surface area contributed by atoms with Crippen molar-refractivity contribution in [3.63, 3.8) is 0 Å². The lowest BCUT2D eigenvalue weighted by atomic mass is 9.77. The molecule has 0 aromatic heterocycles. The molecule has 3 nitrogen and oxygen atoms in total. The maximum Gasteiger partial charge on any atom is 0.226 e. The molecule has 2 atom stereocenters. The van der Waals surface area contributed by atoms with Crippen molar-refractivity contribution in [1.29, 1.82) is 0 Å². The van der Waals surface area contributed by atoms with Crippen LogP contribution in [0.3, 0.4) is 0 Å². The SMILES string of the molecule is COc1ccc2c(c1)CC1C(=O)N(C)CC1C2. The van der Waals surface area contributed by atoms with Crippen LogP contribution in [-0.2, 0) is 17.6 Å². The number of hydrogen-bond donors (Lipinski definition) is 0. The zero-order chi connectivity index (χ0) is 12.0. The van der Waals surface area contributed by atoms with Gasteiger partial charge in [0.05, 0.1) is 7.11 Å². The van der Waals surface area contributed by atoms with Crippen LogP contribution in [0.25, 0.3) is 0 Å². The number of methoxy groups -OCH3 is 1. The van der Waals surface area contributed by atoms with Crippen molar-refractivity contribution in [2.24, 2.45) is 11.8 Å². The Hall–Kier alpha value is -1.51. The van der Waals surface area contributed by atoms with Gasteiger partial charge in [-0.2, -0.15) is 0 Å². The molecule has 1 aliphatic carbocycles. The third-order valence-corrected chi connectivity index (χ3v) is 4.11. The van der Waals surface area contributed by atoms with E-state index in [-0.39, 0.29) is 5.92 Å². The third-order valence-electron chi connectivity index (χ3n) is 4.11. The minimum absolute atomic E-state index is 0.194. The van der Waals surface area contributed by atoms with Gasteiger partial charge in [-0.05, 0) is 42.0 Å². The number of nitrogens with zero attached hydrogens (tertiary/aromatic N) is 1. The minimum atomic E-state index is 0.194. The lowest BCUT2D eigenvalue weighted by Gasteiger charge is -2.25. The molecule has 1 aromatic rings. The number of likely N-dealkylation sites (tertiary alicyclic amines) is 1. The molecular weight excluding hydrogens is 214 g/mol. The van der Waals surface area contributed by atoms with Crippen LogP contribution >= 0.6 is 0 Å². The molecule has 2 unspecified atom stereocenters. The zero-order valence-electron chi connectivity index (χ0n) is 10.3. The average Bonchev–Trinajstić information content (AvgIpc) is 2.62. The fourth-order valence-electron chi connectivity index (χ4n) is 3.15. The molecule has 1 aliphatic heterocycles. The molecule has 1 heterocycles. The van der Waals surface area contributed by atoms with Gasteiger partial charge in [0.2, 0.25) is 5.91 Å². The van der Waals surface area contributed by atoms with Crippen LogP contribution in [0.5, 0.6) is 5.75 Å². The number of hydrogen-bond acceptors (Lipinski definition) is 2. The summed E-state index contributed by atoms with van der Waals surface area (Å²) in [4.78, 5) is 13.9. The lowest BCUT2D eigenvalue weighted by Crippen LogP contribution is -2.27. The van der Waals surface area contributed by atoms with E-state index in [9.17, 15) is 4.79 Å². The maximum absolute atomic E-state index is 12.0. The van der Waals surface area contributed by atoms with Gasteiger partial charge in [0, 0.05) is 19.5 Å². The van der Waals surface area contributed by atoms with Gasteiger partial charge < -0.3 is 9.64 Å². The summed E-state index contributed by atoms with van der Waals surface area (Å²) in [6, 6.07) is 6.24. The molecule has 1 aromatic carbocycles. The molecule has 0 radical (unpaired) electrons. The maximum atomic E-state index is 12.0. The van der Waals surface area contributed by atoms with Gasteiger partial charge >= 0.3 is 0 Å². The van der Waals surface area contributed by atoms with E-state index in [1.165, 1.54) is 11.1 Å². The van der Waals surface area contributed by atoms with E-state index < -0.39 is 0 Å². The summed E-state index contributed by atoms with van der Waals surface area (Å²) >= 11 is 0. The van der Waals surface area contributed by atoms with Crippen LogP contribution in [0.4, 0.5) is 0 Å². The Morgan fingerprint density at radius 3 is 2.88 bits per heavy atom. The zero-order valence-corrected chi connectivity index (χ0v) is 10.3. The molecule has 0 saturated carbocycles. The number of benzene rings is 1. The molecule has 0 N–H and O–H groups in total. The second-order valence-electron chi connectivity index (χ2n) is 5.13. The number of amides is 1. The van der Waals surface area contributed by atoms with Crippen LogP contribution in [0.15, 0.2) is 18.2 Å². The van der Waals surface area contributed by atoms with Crippen LogP contribution < -0.4 is 4.74 Å². The molecule has 3 rings (SSSR count). The molecule has 1 saturated heterocycles. The Labute approximate surface area is 101 Å². The molecule has 1 amide bonds. The van der Waals surface area contributed by atoms with Crippen molar-refractivity contribution in [3.05, 3.63) is 29.3 Å². The van der Waals surface area contributed by atoms with Crippen molar-refractivity contribution in [2.75, 3.05) is 20.7 Å². The van der Waals surface area contributed by atoms with Crippen LogP contribution in [0.2, 0.25) is 0 Å². The van der Waals surface area contributed by atoms with Gasteiger partial charge in [0.15, 0.2) is 0 Å². The summed E-state index contributed by atoms with van der Waals surface area (Å²) in [5.74, 6) is 1.90. The summed E-state index contributed by atoms with van der Waals surface area (Å²) in [5, 5.41) is 0. The molecular formula is C14H17NO2. The molecule has 90 valence electrons. The smallest absolute Gasteiger partial charge is 0.226 e. The van der Waals surface area contributed by atoms with E-state index in [0.717, 1.165) is 25.1 Å². The van der Waals surface area contributed by atoms with E-state index in [1.807, 2.05) is 18.0 Å². The van der Waals surface area contributed by atoms with Crippen molar-refractivity contribution < 1.29 is 9.53 Å². The Morgan fingerprint density at radius 1 is 1.29 bits per heavy atom. The van der Waals surface area contributed by atoms with Crippen LogP contribution in [0, 0.1) is 11.8 Å². The number of ether oxygens (including phenoxy) is 1. The lowest BCUT2D eigenvalue weighted by molar-refractivity contribution is -0.130. The van der Waals surface area contributed by atoms with E-state index >= 15 is 0 Å². The normalized spacial score (nSPS) is 26.7. The fourth-order valence-corrected chi connectivity index (χ4v) is 3.15. The highest BCUT2D eigenvalue weighted by Crippen LogP contribution is 2.37. The van der Waals surface area contributed by atoms with E-state index in [2.05, 4.69) is 12.1 Å². The summed E-state index contributed by atoms with van der Waals surface area (Å²) in [6.07, 6.45) is 1.90. The van der Waals surface area contributed by atoms with Gasteiger partial charge in [-0.1, -0.05) is 6.07 Å².